The van der Waals surface area contributed by atoms with E-state index in [0.717, 1.165) is 11.3 Å². The topological polar surface area (TPSA) is 121 Å². The van der Waals surface area contributed by atoms with E-state index in [4.69, 9.17) is 28.3 Å². The molecule has 2 aromatic carbocycles. The number of aromatic nitrogens is 1. The number of sulfonamides is 1. The fourth-order valence-electron chi connectivity index (χ4n) is 2.65. The van der Waals surface area contributed by atoms with Gasteiger partial charge in [-0.2, -0.15) is 4.99 Å². The molecule has 0 atom stereocenters. The van der Waals surface area contributed by atoms with E-state index < -0.39 is 21.9 Å². The van der Waals surface area contributed by atoms with Crippen LogP contribution < -0.4 is 9.94 Å². The monoisotopic (exact) mass is 487 g/mol. The van der Waals surface area contributed by atoms with Gasteiger partial charge in [0.05, 0.1) is 39.2 Å². The Morgan fingerprint density at radius 1 is 1.20 bits per heavy atom. The highest BCUT2D eigenvalue weighted by Gasteiger charge is 2.16. The highest BCUT2D eigenvalue weighted by atomic mass is 35.5. The average Bonchev–Trinajstić information content (AvgIpc) is 3.03. The zero-order valence-corrected chi connectivity index (χ0v) is 18.6. The van der Waals surface area contributed by atoms with E-state index in [0.29, 0.717) is 15.2 Å². The quantitative estimate of drug-likeness (QED) is 0.554. The molecule has 0 aliphatic heterocycles. The number of methoxy groups -OCH3 is 1. The zero-order chi connectivity index (χ0) is 22.1. The Balaban J connectivity index is 2.17. The smallest absolute Gasteiger partial charge is 0.307 e. The van der Waals surface area contributed by atoms with Crippen LogP contribution >= 0.6 is 34.5 Å². The van der Waals surface area contributed by atoms with Gasteiger partial charge in [-0.15, -0.1) is 0 Å². The van der Waals surface area contributed by atoms with Crippen LogP contribution in [0.3, 0.4) is 0 Å². The van der Waals surface area contributed by atoms with E-state index >= 15 is 0 Å². The number of halogens is 2. The minimum atomic E-state index is -3.91. The van der Waals surface area contributed by atoms with Gasteiger partial charge in [0, 0.05) is 11.6 Å². The molecule has 0 saturated carbocycles. The van der Waals surface area contributed by atoms with E-state index in [-0.39, 0.29) is 33.2 Å². The number of nitrogens with two attached hydrogens (primary N) is 1. The first-order valence-electron chi connectivity index (χ1n) is 8.37. The molecule has 0 aliphatic rings. The van der Waals surface area contributed by atoms with Crippen LogP contribution in [-0.2, 0) is 26.1 Å². The fraction of sp³-hybridized carbons (Fsp3) is 0.167. The van der Waals surface area contributed by atoms with Crippen LogP contribution in [0.2, 0.25) is 10.0 Å². The Kier molecular flexibility index (Phi) is 6.63. The van der Waals surface area contributed by atoms with Crippen molar-refractivity contribution >= 4 is 66.7 Å². The second-order valence-corrected chi connectivity index (χ2v) is 9.49. The van der Waals surface area contributed by atoms with Crippen LogP contribution in [0.1, 0.15) is 16.8 Å². The maximum absolute atomic E-state index is 12.7. The lowest BCUT2D eigenvalue weighted by atomic mass is 10.2. The normalized spacial score (nSPS) is 12.3. The summed E-state index contributed by atoms with van der Waals surface area (Å²) in [6, 6.07) is 8.71. The zero-order valence-electron chi connectivity index (χ0n) is 15.5. The Morgan fingerprint density at radius 3 is 2.60 bits per heavy atom. The number of esters is 1. The first-order chi connectivity index (χ1) is 14.1. The summed E-state index contributed by atoms with van der Waals surface area (Å²) in [7, 11) is -2.64. The number of carbonyl (C=O) groups excluding carboxylic acids is 2. The standard InChI is InChI=1S/C18H15Cl2N3O5S2/c1-28-16(24)6-7-23-14-5-3-11(30(21,26)27)9-15(14)29-18(23)22-17(25)12-8-10(19)2-4-13(12)20/h2-5,8-9H,6-7H2,1H3,(H2,21,26,27). The molecule has 12 heteroatoms. The number of carbonyl (C=O) groups is 2. The van der Waals surface area contributed by atoms with Crippen LogP contribution in [0.15, 0.2) is 46.3 Å². The second kappa shape index (κ2) is 8.86. The summed E-state index contributed by atoms with van der Waals surface area (Å²) in [5.74, 6) is -1.08. The van der Waals surface area contributed by atoms with E-state index in [9.17, 15) is 18.0 Å². The summed E-state index contributed by atoms with van der Waals surface area (Å²) >= 11 is 13.1. The molecule has 0 radical (unpaired) electrons. The Morgan fingerprint density at radius 2 is 1.93 bits per heavy atom. The van der Waals surface area contributed by atoms with Crippen LogP contribution in [0.25, 0.3) is 10.2 Å². The molecule has 1 aromatic heterocycles. The van der Waals surface area contributed by atoms with E-state index in [1.807, 2.05) is 0 Å². The van der Waals surface area contributed by atoms with Crippen molar-refractivity contribution in [2.45, 2.75) is 17.9 Å². The third-order valence-electron chi connectivity index (χ3n) is 4.11. The minimum absolute atomic E-state index is 0.0264. The number of nitrogens with zero attached hydrogens (tertiary/aromatic N) is 2. The summed E-state index contributed by atoms with van der Waals surface area (Å²) < 4.78 is 30.1. The van der Waals surface area contributed by atoms with Gasteiger partial charge >= 0.3 is 5.97 Å². The number of hydrogen-bond donors (Lipinski definition) is 1. The number of fused-ring (bicyclic) bond motifs is 1. The third-order valence-corrected chi connectivity index (χ3v) is 6.62. The first kappa shape index (κ1) is 22.4. The summed E-state index contributed by atoms with van der Waals surface area (Å²) in [5, 5.41) is 5.71. The molecule has 0 unspecified atom stereocenters. The van der Waals surface area contributed by atoms with Gasteiger partial charge in [-0.05, 0) is 36.4 Å². The molecule has 8 nitrogen and oxygen atoms in total. The number of aryl methyl sites for hydroxylation is 1. The Hall–Kier alpha value is -2.24. The van der Waals surface area contributed by atoms with Gasteiger partial charge in [0.25, 0.3) is 5.91 Å². The van der Waals surface area contributed by atoms with Crippen LogP contribution in [0.5, 0.6) is 0 Å². The number of benzene rings is 2. The molecule has 158 valence electrons. The van der Waals surface area contributed by atoms with Crippen molar-refractivity contribution in [3.05, 3.63) is 56.8 Å². The molecule has 30 heavy (non-hydrogen) atoms. The fourth-order valence-corrected chi connectivity index (χ4v) is 4.72. The van der Waals surface area contributed by atoms with Crippen LogP contribution in [0.4, 0.5) is 0 Å². The van der Waals surface area contributed by atoms with Crippen molar-refractivity contribution in [2.75, 3.05) is 7.11 Å². The average molecular weight is 488 g/mol. The third kappa shape index (κ3) is 4.90. The van der Waals surface area contributed by atoms with Crippen LogP contribution in [0, 0.1) is 0 Å². The molecule has 1 amide bonds. The minimum Gasteiger partial charge on any atom is -0.469 e. The van der Waals surface area contributed by atoms with Crippen molar-refractivity contribution in [1.82, 2.24) is 4.57 Å². The number of rotatable bonds is 5. The Labute approximate surface area is 185 Å². The molecule has 3 aromatic rings. The molecule has 0 saturated heterocycles. The van der Waals surface area contributed by atoms with Crippen molar-refractivity contribution in [3.63, 3.8) is 0 Å². The predicted molar refractivity (Wildman–Crippen MR) is 114 cm³/mol. The largest absolute Gasteiger partial charge is 0.469 e. The number of thiazole rings is 1. The number of ether oxygens (including phenoxy) is 1. The van der Waals surface area contributed by atoms with E-state index in [2.05, 4.69) is 9.73 Å². The molecule has 0 aliphatic carbocycles. The molecule has 2 N–H and O–H groups in total. The first-order valence-corrected chi connectivity index (χ1v) is 11.5. The van der Waals surface area contributed by atoms with Crippen molar-refractivity contribution in [1.29, 1.82) is 0 Å². The molecule has 0 spiro atoms. The number of primary sulfonamides is 1. The van der Waals surface area contributed by atoms with Gasteiger partial charge in [0.15, 0.2) is 4.80 Å². The summed E-state index contributed by atoms with van der Waals surface area (Å²) in [6.45, 7) is 0.163. The second-order valence-electron chi connectivity index (χ2n) is 6.08. The molecular weight excluding hydrogens is 473 g/mol. The van der Waals surface area contributed by atoms with E-state index in [1.54, 1.807) is 16.7 Å². The van der Waals surface area contributed by atoms with Gasteiger partial charge in [0.2, 0.25) is 10.0 Å². The van der Waals surface area contributed by atoms with Crippen molar-refractivity contribution in [3.8, 4) is 0 Å². The van der Waals surface area contributed by atoms with Gasteiger partial charge in [-0.25, -0.2) is 13.6 Å². The maximum Gasteiger partial charge on any atom is 0.307 e. The summed E-state index contributed by atoms with van der Waals surface area (Å²) in [6.07, 6.45) is 0.0264. The molecule has 0 bridgehead atoms. The van der Waals surface area contributed by atoms with Gasteiger partial charge in [-0.3, -0.25) is 9.59 Å². The lowest BCUT2D eigenvalue weighted by molar-refractivity contribution is -0.140. The highest BCUT2D eigenvalue weighted by molar-refractivity contribution is 7.89. The van der Waals surface area contributed by atoms with Gasteiger partial charge in [0.1, 0.15) is 0 Å². The van der Waals surface area contributed by atoms with Crippen LogP contribution in [-0.4, -0.2) is 32.0 Å². The molecule has 1 heterocycles. The van der Waals surface area contributed by atoms with Crippen molar-refractivity contribution in [2.24, 2.45) is 10.1 Å². The molecule has 0 fully saturated rings. The van der Waals surface area contributed by atoms with Gasteiger partial charge < -0.3 is 9.30 Å². The number of hydrogen-bond acceptors (Lipinski definition) is 6. The lowest BCUT2D eigenvalue weighted by Gasteiger charge is -2.05. The molecule has 3 rings (SSSR count). The predicted octanol–water partition coefficient (Wildman–Crippen LogP) is 2.96. The number of amides is 1. The maximum atomic E-state index is 12.7. The summed E-state index contributed by atoms with van der Waals surface area (Å²) in [4.78, 5) is 28.6. The Bertz CT molecular complexity index is 1330. The van der Waals surface area contributed by atoms with E-state index in [1.165, 1.54) is 31.4 Å². The highest BCUT2D eigenvalue weighted by Crippen LogP contribution is 2.23. The SMILES string of the molecule is COC(=O)CCn1c(=NC(=O)c2cc(Cl)ccc2Cl)sc2cc(S(N)(=O)=O)ccc21. The molecular formula is C18H15Cl2N3O5S2. The lowest BCUT2D eigenvalue weighted by Crippen LogP contribution is -2.19. The summed E-state index contributed by atoms with van der Waals surface area (Å²) in [5.41, 5.74) is 0.700. The van der Waals surface area contributed by atoms with Gasteiger partial charge in [-0.1, -0.05) is 34.5 Å². The van der Waals surface area contributed by atoms with Crippen molar-refractivity contribution < 1.29 is 22.7 Å².